The lowest BCUT2D eigenvalue weighted by atomic mass is 9.76. The number of hydrogen-bond acceptors (Lipinski definition) is 5. The summed E-state index contributed by atoms with van der Waals surface area (Å²) < 4.78 is 6.31. The minimum atomic E-state index is -1.90. The SMILES string of the molecule is CC1CCC(c2ccc(B(O)O)c(CO[Si](C)(C)C(C)(C)C)c2)NN1. The van der Waals surface area contributed by atoms with Gasteiger partial charge in [-0.25, -0.2) is 0 Å². The van der Waals surface area contributed by atoms with Gasteiger partial charge in [0.05, 0.1) is 6.61 Å². The van der Waals surface area contributed by atoms with E-state index in [2.05, 4.69) is 57.7 Å². The lowest BCUT2D eigenvalue weighted by Crippen LogP contribution is -2.46. The minimum Gasteiger partial charge on any atom is -0.423 e. The summed E-state index contributed by atoms with van der Waals surface area (Å²) in [4.78, 5) is 0. The number of hydrazine groups is 1. The van der Waals surface area contributed by atoms with Crippen molar-refractivity contribution in [1.82, 2.24) is 10.9 Å². The molecule has 2 atom stereocenters. The van der Waals surface area contributed by atoms with E-state index >= 15 is 0 Å². The van der Waals surface area contributed by atoms with Gasteiger partial charge >= 0.3 is 7.12 Å². The number of rotatable bonds is 5. The van der Waals surface area contributed by atoms with E-state index in [1.165, 1.54) is 0 Å². The van der Waals surface area contributed by atoms with Gasteiger partial charge in [0, 0.05) is 12.1 Å². The van der Waals surface area contributed by atoms with Gasteiger partial charge in [0.15, 0.2) is 8.32 Å². The maximum atomic E-state index is 9.71. The van der Waals surface area contributed by atoms with Crippen LogP contribution in [0.15, 0.2) is 18.2 Å². The van der Waals surface area contributed by atoms with E-state index in [0.717, 1.165) is 24.0 Å². The first-order chi connectivity index (χ1) is 11.5. The standard InChI is InChI=1S/C18H33BN2O3Si/c1-13-7-10-17(21-20-13)14-8-9-16(19(22)23)15(11-14)12-24-25(5,6)18(2,3)4/h8-9,11,13,17,20-23H,7,10,12H2,1-6H3. The summed E-state index contributed by atoms with van der Waals surface area (Å²) in [6, 6.07) is 6.53. The van der Waals surface area contributed by atoms with Crippen molar-refractivity contribution < 1.29 is 14.5 Å². The van der Waals surface area contributed by atoms with Crippen molar-refractivity contribution in [1.29, 1.82) is 0 Å². The molecular formula is C18H33BN2O3Si. The summed E-state index contributed by atoms with van der Waals surface area (Å²) in [6.45, 7) is 13.6. The fourth-order valence-corrected chi connectivity index (χ4v) is 3.70. The fourth-order valence-electron chi connectivity index (χ4n) is 2.75. The zero-order valence-electron chi connectivity index (χ0n) is 16.4. The molecule has 1 saturated heterocycles. The lowest BCUT2D eigenvalue weighted by molar-refractivity contribution is 0.275. The van der Waals surface area contributed by atoms with E-state index in [1.54, 1.807) is 0 Å². The molecule has 7 heteroatoms. The smallest absolute Gasteiger partial charge is 0.423 e. The molecule has 2 rings (SSSR count). The Labute approximate surface area is 153 Å². The molecule has 4 N–H and O–H groups in total. The molecule has 0 aromatic heterocycles. The summed E-state index contributed by atoms with van der Waals surface area (Å²) in [5, 5.41) is 19.5. The Bertz CT molecular complexity index is 582. The van der Waals surface area contributed by atoms with Crippen LogP contribution in [0.3, 0.4) is 0 Å². The van der Waals surface area contributed by atoms with Crippen molar-refractivity contribution in [3.63, 3.8) is 0 Å². The van der Waals surface area contributed by atoms with Gasteiger partial charge in [-0.2, -0.15) is 0 Å². The van der Waals surface area contributed by atoms with Gasteiger partial charge in [0.25, 0.3) is 0 Å². The molecular weight excluding hydrogens is 331 g/mol. The van der Waals surface area contributed by atoms with Crippen molar-refractivity contribution >= 4 is 20.9 Å². The van der Waals surface area contributed by atoms with E-state index in [9.17, 15) is 10.0 Å². The largest absolute Gasteiger partial charge is 0.488 e. The van der Waals surface area contributed by atoms with Crippen LogP contribution in [-0.4, -0.2) is 31.5 Å². The van der Waals surface area contributed by atoms with Crippen LogP contribution >= 0.6 is 0 Å². The second-order valence-electron chi connectivity index (χ2n) is 8.70. The Morgan fingerprint density at radius 3 is 2.40 bits per heavy atom. The van der Waals surface area contributed by atoms with Crippen molar-refractivity contribution in [3.8, 4) is 0 Å². The topological polar surface area (TPSA) is 73.8 Å². The highest BCUT2D eigenvalue weighted by atomic mass is 28.4. The molecule has 0 spiro atoms. The summed E-state index contributed by atoms with van der Waals surface area (Å²) >= 11 is 0. The Kier molecular flexibility index (Phi) is 6.51. The first-order valence-corrected chi connectivity index (χ1v) is 12.1. The molecule has 1 aliphatic rings. The van der Waals surface area contributed by atoms with E-state index < -0.39 is 15.4 Å². The summed E-state index contributed by atoms with van der Waals surface area (Å²) in [7, 11) is -3.38. The minimum absolute atomic E-state index is 0.119. The third kappa shape index (κ3) is 5.15. The molecule has 1 aromatic rings. The van der Waals surface area contributed by atoms with E-state index in [1.807, 2.05) is 12.1 Å². The molecule has 5 nitrogen and oxygen atoms in total. The average Bonchev–Trinajstić information content (AvgIpc) is 2.52. The van der Waals surface area contributed by atoms with E-state index in [4.69, 9.17) is 4.43 Å². The summed E-state index contributed by atoms with van der Waals surface area (Å²) in [5.41, 5.74) is 9.18. The van der Waals surface area contributed by atoms with E-state index in [0.29, 0.717) is 18.1 Å². The molecule has 25 heavy (non-hydrogen) atoms. The summed E-state index contributed by atoms with van der Waals surface area (Å²) in [5.74, 6) is 0. The van der Waals surface area contributed by atoms with Gasteiger partial charge < -0.3 is 14.5 Å². The van der Waals surface area contributed by atoms with E-state index in [-0.39, 0.29) is 11.1 Å². The first-order valence-electron chi connectivity index (χ1n) is 9.15. The molecule has 0 aliphatic carbocycles. The molecule has 0 amide bonds. The highest BCUT2D eigenvalue weighted by molar-refractivity contribution is 6.74. The van der Waals surface area contributed by atoms with Gasteiger partial charge in [0.2, 0.25) is 0 Å². The molecule has 0 radical (unpaired) electrons. The van der Waals surface area contributed by atoms with Crippen molar-refractivity contribution in [2.75, 3.05) is 0 Å². The van der Waals surface area contributed by atoms with Crippen LogP contribution in [0.2, 0.25) is 18.1 Å². The van der Waals surface area contributed by atoms with Crippen LogP contribution in [0.1, 0.15) is 57.7 Å². The van der Waals surface area contributed by atoms with Crippen molar-refractivity contribution in [2.24, 2.45) is 0 Å². The molecule has 1 heterocycles. The predicted octanol–water partition coefficient (Wildman–Crippen LogP) is 2.21. The Hall–Kier alpha value is -0.698. The van der Waals surface area contributed by atoms with Gasteiger partial charge in [-0.1, -0.05) is 39.0 Å². The molecule has 1 aliphatic heterocycles. The number of nitrogens with one attached hydrogen (secondary N) is 2. The zero-order chi connectivity index (χ0) is 18.8. The van der Waals surface area contributed by atoms with Crippen LogP contribution in [0, 0.1) is 0 Å². The fraction of sp³-hybridized carbons (Fsp3) is 0.667. The zero-order valence-corrected chi connectivity index (χ0v) is 17.4. The predicted molar refractivity (Wildman–Crippen MR) is 106 cm³/mol. The molecule has 1 aromatic carbocycles. The Morgan fingerprint density at radius 2 is 1.88 bits per heavy atom. The maximum absolute atomic E-state index is 9.71. The third-order valence-corrected chi connectivity index (χ3v) is 10.1. The van der Waals surface area contributed by atoms with Crippen LogP contribution in [0.4, 0.5) is 0 Å². The second kappa shape index (κ2) is 7.90. The van der Waals surface area contributed by atoms with Crippen LogP contribution in [0.25, 0.3) is 0 Å². The summed E-state index contributed by atoms with van der Waals surface area (Å²) in [6.07, 6.45) is 2.16. The van der Waals surface area contributed by atoms with Gasteiger partial charge in [-0.05, 0) is 54.5 Å². The number of benzene rings is 1. The average molecular weight is 364 g/mol. The normalized spacial score (nSPS) is 22.1. The van der Waals surface area contributed by atoms with Gasteiger partial charge in [-0.3, -0.25) is 10.9 Å². The van der Waals surface area contributed by atoms with Crippen LogP contribution in [0.5, 0.6) is 0 Å². The molecule has 0 bridgehead atoms. The van der Waals surface area contributed by atoms with Crippen molar-refractivity contribution in [2.45, 2.75) is 77.4 Å². The lowest BCUT2D eigenvalue weighted by Gasteiger charge is -2.36. The van der Waals surface area contributed by atoms with Crippen LogP contribution < -0.4 is 16.3 Å². The number of hydrogen-bond donors (Lipinski definition) is 4. The first kappa shape index (κ1) is 20.6. The third-order valence-electron chi connectivity index (χ3n) is 5.63. The van der Waals surface area contributed by atoms with Gasteiger partial charge in [-0.15, -0.1) is 0 Å². The highest BCUT2D eigenvalue weighted by Gasteiger charge is 2.37. The molecule has 2 unspecified atom stereocenters. The Balaban J connectivity index is 2.21. The van der Waals surface area contributed by atoms with Crippen LogP contribution in [-0.2, 0) is 11.0 Å². The quantitative estimate of drug-likeness (QED) is 0.603. The maximum Gasteiger partial charge on any atom is 0.488 e. The second-order valence-corrected chi connectivity index (χ2v) is 13.5. The van der Waals surface area contributed by atoms with Crippen molar-refractivity contribution in [3.05, 3.63) is 29.3 Å². The monoisotopic (exact) mass is 364 g/mol. The Morgan fingerprint density at radius 1 is 1.20 bits per heavy atom. The molecule has 1 fully saturated rings. The molecule has 0 saturated carbocycles. The van der Waals surface area contributed by atoms with Gasteiger partial charge in [0.1, 0.15) is 0 Å². The highest BCUT2D eigenvalue weighted by Crippen LogP contribution is 2.37. The molecule has 140 valence electrons.